The summed E-state index contributed by atoms with van der Waals surface area (Å²) in [6.45, 7) is 0. The van der Waals surface area contributed by atoms with Crippen LogP contribution in [0.25, 0.3) is 0 Å². The van der Waals surface area contributed by atoms with Gasteiger partial charge in [0.15, 0.2) is 4.34 Å². The number of hydrogen-bond acceptors (Lipinski definition) is 7. The number of benzene rings is 1. The van der Waals surface area contributed by atoms with Crippen LogP contribution in [0.1, 0.15) is 25.7 Å². The van der Waals surface area contributed by atoms with Crippen molar-refractivity contribution in [2.24, 2.45) is 0 Å². The van der Waals surface area contributed by atoms with Gasteiger partial charge in [0.05, 0.1) is 12.4 Å². The van der Waals surface area contributed by atoms with E-state index in [9.17, 15) is 4.79 Å². The zero-order valence-electron chi connectivity index (χ0n) is 12.2. The maximum absolute atomic E-state index is 11.9. The molecule has 0 spiro atoms. The first-order valence-corrected chi connectivity index (χ1v) is 8.88. The summed E-state index contributed by atoms with van der Waals surface area (Å²) in [5, 5.41) is 12.3. The molecule has 2 aromatic rings. The first-order valence-electron chi connectivity index (χ1n) is 7.18. The quantitative estimate of drug-likeness (QED) is 0.894. The summed E-state index contributed by atoms with van der Waals surface area (Å²) in [6.07, 6.45) is 3.80. The fourth-order valence-electron chi connectivity index (χ4n) is 2.30. The van der Waals surface area contributed by atoms with Crippen LogP contribution in [0.15, 0.2) is 28.6 Å². The topological polar surface area (TPSA) is 64.1 Å². The molecule has 0 saturated heterocycles. The standard InChI is InChI=1S/C15H17N3O2S2/c1-20-11-8-6-10(7-9-11)16-14-17-18-15(22-14)21-13-5-3-2-4-12(13)19/h6-9,13H,2-5H2,1H3,(H,16,17). The van der Waals surface area contributed by atoms with Gasteiger partial charge < -0.3 is 10.1 Å². The van der Waals surface area contributed by atoms with Gasteiger partial charge in [-0.05, 0) is 37.1 Å². The van der Waals surface area contributed by atoms with Gasteiger partial charge in [-0.25, -0.2) is 0 Å². The molecule has 1 aromatic carbocycles. The van der Waals surface area contributed by atoms with E-state index in [0.717, 1.165) is 40.2 Å². The number of ether oxygens (including phenoxy) is 1. The third kappa shape index (κ3) is 3.78. The number of ketones is 1. The van der Waals surface area contributed by atoms with E-state index in [-0.39, 0.29) is 5.25 Å². The summed E-state index contributed by atoms with van der Waals surface area (Å²) in [6, 6.07) is 7.63. The highest BCUT2D eigenvalue weighted by atomic mass is 32.2. The minimum atomic E-state index is 0.0514. The lowest BCUT2D eigenvalue weighted by molar-refractivity contribution is -0.119. The molecule has 1 heterocycles. The Hall–Kier alpha value is -1.60. The highest BCUT2D eigenvalue weighted by molar-refractivity contribution is 8.02. The van der Waals surface area contributed by atoms with Crippen molar-refractivity contribution in [3.8, 4) is 5.75 Å². The average molecular weight is 335 g/mol. The van der Waals surface area contributed by atoms with Gasteiger partial charge in [0.25, 0.3) is 0 Å². The van der Waals surface area contributed by atoms with Crippen LogP contribution in [0.2, 0.25) is 0 Å². The lowest BCUT2D eigenvalue weighted by Crippen LogP contribution is -2.21. The van der Waals surface area contributed by atoms with Crippen molar-refractivity contribution in [1.82, 2.24) is 10.2 Å². The molecule has 1 N–H and O–H groups in total. The molecule has 1 aliphatic rings. The number of methoxy groups -OCH3 is 1. The molecule has 3 rings (SSSR count). The first kappa shape index (κ1) is 15.3. The predicted molar refractivity (Wildman–Crippen MR) is 89.3 cm³/mol. The van der Waals surface area contributed by atoms with Crippen molar-refractivity contribution in [1.29, 1.82) is 0 Å². The Morgan fingerprint density at radius 3 is 2.82 bits per heavy atom. The van der Waals surface area contributed by atoms with E-state index in [2.05, 4.69) is 15.5 Å². The monoisotopic (exact) mass is 335 g/mol. The van der Waals surface area contributed by atoms with Crippen LogP contribution in [-0.4, -0.2) is 28.3 Å². The number of nitrogens with zero attached hydrogens (tertiary/aromatic N) is 2. The molecule has 1 aromatic heterocycles. The van der Waals surface area contributed by atoms with E-state index in [4.69, 9.17) is 4.74 Å². The number of aromatic nitrogens is 2. The lowest BCUT2D eigenvalue weighted by Gasteiger charge is -2.17. The SMILES string of the molecule is COc1ccc(Nc2nnc(SC3CCCCC3=O)s2)cc1. The number of carbonyl (C=O) groups excluding carboxylic acids is 1. The van der Waals surface area contributed by atoms with Gasteiger partial charge >= 0.3 is 0 Å². The summed E-state index contributed by atoms with van der Waals surface area (Å²) in [7, 11) is 1.64. The molecule has 0 bridgehead atoms. The van der Waals surface area contributed by atoms with Gasteiger partial charge in [0.2, 0.25) is 5.13 Å². The molecule has 0 aliphatic heterocycles. The van der Waals surface area contributed by atoms with Crippen molar-refractivity contribution >= 4 is 39.7 Å². The number of Topliss-reactive ketones (excluding diaryl/α,β-unsaturated/α-hetero) is 1. The normalized spacial score (nSPS) is 18.2. The molecule has 1 unspecified atom stereocenters. The van der Waals surface area contributed by atoms with Crippen LogP contribution in [0.5, 0.6) is 5.75 Å². The van der Waals surface area contributed by atoms with Gasteiger partial charge in [0, 0.05) is 12.1 Å². The highest BCUT2D eigenvalue weighted by Crippen LogP contribution is 2.35. The van der Waals surface area contributed by atoms with E-state index >= 15 is 0 Å². The minimum Gasteiger partial charge on any atom is -0.497 e. The first-order chi connectivity index (χ1) is 10.7. The smallest absolute Gasteiger partial charge is 0.210 e. The Balaban J connectivity index is 1.61. The molecule has 1 fully saturated rings. The minimum absolute atomic E-state index is 0.0514. The fourth-order valence-corrected chi connectivity index (χ4v) is 4.44. The van der Waals surface area contributed by atoms with Crippen molar-refractivity contribution in [3.05, 3.63) is 24.3 Å². The van der Waals surface area contributed by atoms with Crippen molar-refractivity contribution in [2.45, 2.75) is 35.3 Å². The fraction of sp³-hybridized carbons (Fsp3) is 0.400. The van der Waals surface area contributed by atoms with Gasteiger partial charge in [-0.1, -0.05) is 29.5 Å². The summed E-state index contributed by atoms with van der Waals surface area (Å²) >= 11 is 3.02. The van der Waals surface area contributed by atoms with E-state index < -0.39 is 0 Å². The molecule has 7 heteroatoms. The maximum atomic E-state index is 11.9. The summed E-state index contributed by atoms with van der Waals surface area (Å²) in [4.78, 5) is 11.9. The molecule has 116 valence electrons. The van der Waals surface area contributed by atoms with E-state index in [1.54, 1.807) is 18.9 Å². The number of anilines is 2. The second-order valence-electron chi connectivity index (χ2n) is 5.05. The number of nitrogens with one attached hydrogen (secondary N) is 1. The summed E-state index contributed by atoms with van der Waals surface area (Å²) in [5.41, 5.74) is 0.933. The summed E-state index contributed by atoms with van der Waals surface area (Å²) < 4.78 is 5.97. The van der Waals surface area contributed by atoms with Crippen LogP contribution >= 0.6 is 23.1 Å². The van der Waals surface area contributed by atoms with Gasteiger partial charge in [-0.2, -0.15) is 0 Å². The maximum Gasteiger partial charge on any atom is 0.210 e. The number of hydrogen-bond donors (Lipinski definition) is 1. The van der Waals surface area contributed by atoms with E-state index in [1.807, 2.05) is 24.3 Å². The van der Waals surface area contributed by atoms with Gasteiger partial charge in [0.1, 0.15) is 11.5 Å². The second-order valence-corrected chi connectivity index (χ2v) is 7.47. The van der Waals surface area contributed by atoms with Crippen LogP contribution in [0.4, 0.5) is 10.8 Å². The van der Waals surface area contributed by atoms with E-state index in [1.165, 1.54) is 11.3 Å². The third-order valence-electron chi connectivity index (χ3n) is 3.49. The molecule has 1 saturated carbocycles. The Morgan fingerprint density at radius 2 is 2.09 bits per heavy atom. The Kier molecular flexibility index (Phi) is 4.94. The second kappa shape index (κ2) is 7.11. The predicted octanol–water partition coefficient (Wildman–Crippen LogP) is 3.89. The number of rotatable bonds is 5. The van der Waals surface area contributed by atoms with Crippen molar-refractivity contribution in [2.75, 3.05) is 12.4 Å². The van der Waals surface area contributed by atoms with Gasteiger partial charge in [-0.15, -0.1) is 10.2 Å². The van der Waals surface area contributed by atoms with Gasteiger partial charge in [-0.3, -0.25) is 4.79 Å². The molecule has 1 aliphatic carbocycles. The molecule has 0 radical (unpaired) electrons. The molecule has 1 atom stereocenters. The lowest BCUT2D eigenvalue weighted by atomic mass is 9.99. The molecule has 5 nitrogen and oxygen atoms in total. The Morgan fingerprint density at radius 1 is 1.27 bits per heavy atom. The molecular formula is C15H17N3O2S2. The Labute approximate surface area is 137 Å². The zero-order valence-corrected chi connectivity index (χ0v) is 13.9. The van der Waals surface area contributed by atoms with Crippen LogP contribution in [0, 0.1) is 0 Å². The summed E-state index contributed by atoms with van der Waals surface area (Å²) in [5.74, 6) is 1.16. The third-order valence-corrected chi connectivity index (χ3v) is 5.73. The number of carbonyl (C=O) groups is 1. The van der Waals surface area contributed by atoms with Crippen LogP contribution in [-0.2, 0) is 4.79 Å². The molecule has 0 amide bonds. The van der Waals surface area contributed by atoms with Crippen molar-refractivity contribution < 1.29 is 9.53 Å². The molecule has 22 heavy (non-hydrogen) atoms. The van der Waals surface area contributed by atoms with Crippen LogP contribution < -0.4 is 10.1 Å². The average Bonchev–Trinajstić information content (AvgIpc) is 2.97. The van der Waals surface area contributed by atoms with Crippen molar-refractivity contribution in [3.63, 3.8) is 0 Å². The highest BCUT2D eigenvalue weighted by Gasteiger charge is 2.24. The largest absolute Gasteiger partial charge is 0.497 e. The number of thioether (sulfide) groups is 1. The molecular weight excluding hydrogens is 318 g/mol. The zero-order chi connectivity index (χ0) is 15.4. The van der Waals surface area contributed by atoms with Crippen LogP contribution in [0.3, 0.4) is 0 Å². The Bertz CT molecular complexity index is 642. The van der Waals surface area contributed by atoms with E-state index in [0.29, 0.717) is 12.2 Å².